The van der Waals surface area contributed by atoms with E-state index in [0.29, 0.717) is 29.5 Å². The Morgan fingerprint density at radius 2 is 1.70 bits per heavy atom. The average Bonchev–Trinajstić information content (AvgIpc) is 3.39. The van der Waals surface area contributed by atoms with Crippen LogP contribution in [0.15, 0.2) is 54.6 Å². The number of unbranched alkanes of at least 4 members (excludes halogenated alkanes) is 1. The van der Waals surface area contributed by atoms with E-state index in [1.807, 2.05) is 30.3 Å². The fourth-order valence-electron chi connectivity index (χ4n) is 7.65. The first-order valence-corrected chi connectivity index (χ1v) is 17.0. The minimum Gasteiger partial charge on any atom is -0.404 e. The van der Waals surface area contributed by atoms with Crippen LogP contribution in [-0.2, 0) is 20.5 Å². The molecule has 2 aromatic rings. The van der Waals surface area contributed by atoms with Crippen molar-refractivity contribution in [2.75, 3.05) is 11.9 Å². The molecule has 4 fully saturated rings. The molecule has 1 aliphatic heterocycles. The maximum absolute atomic E-state index is 14.0. The van der Waals surface area contributed by atoms with Crippen molar-refractivity contribution in [2.45, 2.75) is 104 Å². The molecule has 3 saturated carbocycles. The number of nitrogens with one attached hydrogen (secondary N) is 4. The molecule has 4 aliphatic rings. The van der Waals surface area contributed by atoms with Crippen LogP contribution in [0.3, 0.4) is 0 Å². The first-order chi connectivity index (χ1) is 21.9. The van der Waals surface area contributed by atoms with Gasteiger partial charge in [0.05, 0.1) is 17.6 Å². The third-order valence-corrected chi connectivity index (χ3v) is 10.5. The lowest BCUT2D eigenvalue weighted by Crippen LogP contribution is -2.65. The molecule has 1 heterocycles. The summed E-state index contributed by atoms with van der Waals surface area (Å²) in [7, 11) is -0.599. The second-order valence-corrected chi connectivity index (χ2v) is 14.6. The van der Waals surface area contributed by atoms with E-state index in [4.69, 9.17) is 9.31 Å². The Bertz CT molecular complexity index is 1370. The lowest BCUT2D eigenvalue weighted by Gasteiger charge is -2.64. The Kier molecular flexibility index (Phi) is 10.5. The summed E-state index contributed by atoms with van der Waals surface area (Å²) in [5.74, 6) is 0.0521. The van der Waals surface area contributed by atoms with Gasteiger partial charge in [-0.05, 0) is 92.0 Å². The van der Waals surface area contributed by atoms with Crippen molar-refractivity contribution < 1.29 is 23.7 Å². The van der Waals surface area contributed by atoms with E-state index < -0.39 is 36.6 Å². The van der Waals surface area contributed by atoms with Crippen LogP contribution in [0.25, 0.3) is 0 Å². The Labute approximate surface area is 274 Å². The lowest BCUT2D eigenvalue weighted by atomic mass is 9.43. The minimum atomic E-state index is -1.03. The molecule has 46 heavy (non-hydrogen) atoms. The molecule has 4 N–H and O–H groups in total. The first kappa shape index (κ1) is 34.0. The highest BCUT2D eigenvalue weighted by Crippen LogP contribution is 2.65. The van der Waals surface area contributed by atoms with Crippen LogP contribution in [0.1, 0.15) is 89.6 Å². The third kappa shape index (κ3) is 7.44. The number of anilines is 1. The van der Waals surface area contributed by atoms with Gasteiger partial charge in [-0.15, -0.1) is 0 Å². The number of para-hydroxylation sites is 1. The topological polar surface area (TPSA) is 118 Å². The maximum atomic E-state index is 14.0. The summed E-state index contributed by atoms with van der Waals surface area (Å²) >= 11 is 0. The monoisotopic (exact) mass is 630 g/mol. The van der Waals surface area contributed by atoms with Crippen LogP contribution in [0.2, 0.25) is 0 Å². The SMILES string of the molecule is CCCCc1ccc(C(=O)N[C@@H](CNC(=O)Nc2ccccc2)C(=O)N[C@@H](CC(C)C)B2O[C@@H]3C[C@@H]4C[C@@H](C4(C)C)[C@]3(C)O2)cc1. The summed E-state index contributed by atoms with van der Waals surface area (Å²) in [6.45, 7) is 13.1. The van der Waals surface area contributed by atoms with Crippen molar-refractivity contribution in [1.82, 2.24) is 16.0 Å². The summed E-state index contributed by atoms with van der Waals surface area (Å²) in [5, 5.41) is 11.6. The third-order valence-electron chi connectivity index (χ3n) is 10.5. The highest BCUT2D eigenvalue weighted by atomic mass is 16.7. The molecule has 1 saturated heterocycles. The van der Waals surface area contributed by atoms with Gasteiger partial charge in [0.1, 0.15) is 6.04 Å². The van der Waals surface area contributed by atoms with Crippen LogP contribution in [-0.4, -0.2) is 55.2 Å². The average molecular weight is 631 g/mol. The van der Waals surface area contributed by atoms with Crippen LogP contribution in [0, 0.1) is 23.2 Å². The number of carbonyl (C=O) groups is 3. The molecular weight excluding hydrogens is 579 g/mol. The molecule has 0 radical (unpaired) electrons. The van der Waals surface area contributed by atoms with Gasteiger partial charge in [-0.1, -0.05) is 71.4 Å². The van der Waals surface area contributed by atoms with Crippen molar-refractivity contribution in [3.8, 4) is 0 Å². The predicted molar refractivity (Wildman–Crippen MR) is 181 cm³/mol. The largest absolute Gasteiger partial charge is 0.481 e. The number of benzene rings is 2. The number of urea groups is 1. The van der Waals surface area contributed by atoms with Crippen molar-refractivity contribution in [2.24, 2.45) is 23.2 Å². The lowest BCUT2D eigenvalue weighted by molar-refractivity contribution is -0.199. The summed E-state index contributed by atoms with van der Waals surface area (Å²) in [6, 6.07) is 15.0. The highest BCUT2D eigenvalue weighted by molar-refractivity contribution is 6.48. The van der Waals surface area contributed by atoms with Crippen molar-refractivity contribution in [3.05, 3.63) is 65.7 Å². The zero-order valence-electron chi connectivity index (χ0n) is 28.2. The normalized spacial score (nSPS) is 25.5. The summed E-state index contributed by atoms with van der Waals surface area (Å²) < 4.78 is 13.3. The van der Waals surface area contributed by atoms with Gasteiger partial charge in [0.15, 0.2) is 0 Å². The van der Waals surface area contributed by atoms with Gasteiger partial charge < -0.3 is 30.6 Å². The Morgan fingerprint density at radius 1 is 0.978 bits per heavy atom. The van der Waals surface area contributed by atoms with Gasteiger partial charge in [0.2, 0.25) is 5.91 Å². The number of hydrogen-bond acceptors (Lipinski definition) is 5. The zero-order chi connectivity index (χ0) is 33.1. The van der Waals surface area contributed by atoms with E-state index in [0.717, 1.165) is 37.7 Å². The van der Waals surface area contributed by atoms with Crippen molar-refractivity contribution in [3.63, 3.8) is 0 Å². The van der Waals surface area contributed by atoms with E-state index in [2.05, 4.69) is 62.8 Å². The van der Waals surface area contributed by atoms with Gasteiger partial charge in [-0.25, -0.2) is 4.79 Å². The predicted octanol–water partition coefficient (Wildman–Crippen LogP) is 5.75. The fraction of sp³-hybridized carbons (Fsp3) is 0.583. The second-order valence-electron chi connectivity index (χ2n) is 14.6. The zero-order valence-corrected chi connectivity index (χ0v) is 28.2. The first-order valence-electron chi connectivity index (χ1n) is 17.0. The number of carbonyl (C=O) groups excluding carboxylic acids is 3. The highest BCUT2D eigenvalue weighted by Gasteiger charge is 2.68. The summed E-state index contributed by atoms with van der Waals surface area (Å²) in [4.78, 5) is 40.1. The molecule has 3 aliphatic carbocycles. The van der Waals surface area contributed by atoms with Gasteiger partial charge in [-0.2, -0.15) is 0 Å². The maximum Gasteiger partial charge on any atom is 0.481 e. The van der Waals surface area contributed by atoms with Gasteiger partial charge in [0.25, 0.3) is 5.91 Å². The molecule has 0 spiro atoms. The quantitative estimate of drug-likeness (QED) is 0.211. The number of amides is 4. The summed E-state index contributed by atoms with van der Waals surface area (Å²) in [6.07, 6.45) is 5.84. The molecule has 4 amide bonds. The molecule has 9 nitrogen and oxygen atoms in total. The molecule has 2 bridgehead atoms. The second kappa shape index (κ2) is 14.2. The molecule has 6 rings (SSSR count). The molecule has 6 atom stereocenters. The number of hydrogen-bond donors (Lipinski definition) is 4. The van der Waals surface area contributed by atoms with Crippen molar-refractivity contribution >= 4 is 30.7 Å². The molecule has 10 heteroatoms. The smallest absolute Gasteiger partial charge is 0.404 e. The van der Waals surface area contributed by atoms with E-state index in [-0.39, 0.29) is 29.9 Å². The van der Waals surface area contributed by atoms with Crippen LogP contribution in [0.5, 0.6) is 0 Å². The molecular formula is C36H51BN4O5. The van der Waals surface area contributed by atoms with Crippen LogP contribution >= 0.6 is 0 Å². The Morgan fingerprint density at radius 3 is 2.35 bits per heavy atom. The number of rotatable bonds is 13. The molecule has 0 unspecified atom stereocenters. The summed E-state index contributed by atoms with van der Waals surface area (Å²) in [5.41, 5.74) is 2.03. The van der Waals surface area contributed by atoms with Crippen LogP contribution < -0.4 is 21.3 Å². The molecule has 248 valence electrons. The number of aryl methyl sites for hydroxylation is 1. The van der Waals surface area contributed by atoms with E-state index >= 15 is 0 Å². The van der Waals surface area contributed by atoms with E-state index in [1.165, 1.54) is 0 Å². The minimum absolute atomic E-state index is 0.0139. The van der Waals surface area contributed by atoms with E-state index in [9.17, 15) is 14.4 Å². The Balaban J connectivity index is 1.29. The Hall–Kier alpha value is -3.37. The van der Waals surface area contributed by atoms with Crippen LogP contribution in [0.4, 0.5) is 10.5 Å². The van der Waals surface area contributed by atoms with Gasteiger partial charge in [0, 0.05) is 17.8 Å². The standard InChI is InChI=1S/C36H51BN4O5/c1-7-8-12-24-15-17-25(18-16-24)32(42)40-28(22-38-34(44)39-27-13-10-9-11-14-27)33(43)41-31(19-23(2)3)37-45-30-21-26-20-29(35(26,4)5)36(30,6)46-37/h9-11,13-18,23,26,28-31H,7-8,12,19-22H2,1-6H3,(H,40,42)(H,41,43)(H2,38,39,44)/t26-,28-,29-,30+,31-,36-/m0/s1. The molecule has 2 aromatic carbocycles. The van der Waals surface area contributed by atoms with E-state index in [1.54, 1.807) is 24.3 Å². The van der Waals surface area contributed by atoms with Gasteiger partial charge >= 0.3 is 13.1 Å². The fourth-order valence-corrected chi connectivity index (χ4v) is 7.65. The van der Waals surface area contributed by atoms with Gasteiger partial charge in [-0.3, -0.25) is 9.59 Å². The van der Waals surface area contributed by atoms with Crippen molar-refractivity contribution in [1.29, 1.82) is 0 Å². The molecule has 0 aromatic heterocycles.